The Morgan fingerprint density at radius 3 is 2.74 bits per heavy atom. The van der Waals surface area contributed by atoms with Gasteiger partial charge in [-0.25, -0.2) is 4.39 Å². The van der Waals surface area contributed by atoms with Gasteiger partial charge in [-0.3, -0.25) is 4.79 Å². The van der Waals surface area contributed by atoms with Crippen molar-refractivity contribution in [3.05, 3.63) is 29.6 Å². The summed E-state index contributed by atoms with van der Waals surface area (Å²) in [4.78, 5) is 11.9. The van der Waals surface area contributed by atoms with Crippen LogP contribution in [0.1, 0.15) is 23.2 Å². The van der Waals surface area contributed by atoms with Gasteiger partial charge in [0.2, 0.25) is 0 Å². The molecule has 7 heteroatoms. The summed E-state index contributed by atoms with van der Waals surface area (Å²) in [6.45, 7) is 0. The maximum absolute atomic E-state index is 13.5. The summed E-state index contributed by atoms with van der Waals surface area (Å²) in [6.07, 6.45) is 1.72. The Morgan fingerprint density at radius 1 is 1.53 bits per heavy atom. The van der Waals surface area contributed by atoms with Crippen molar-refractivity contribution in [3.8, 4) is 5.75 Å². The van der Waals surface area contributed by atoms with E-state index in [1.165, 1.54) is 12.1 Å². The monoisotopic (exact) mass is 267 g/mol. The quantitative estimate of drug-likeness (QED) is 0.280. The first-order valence-corrected chi connectivity index (χ1v) is 5.79. The third-order valence-corrected chi connectivity index (χ3v) is 3.01. The van der Waals surface area contributed by atoms with Gasteiger partial charge in [0, 0.05) is 6.07 Å². The minimum atomic E-state index is -0.827. The average molecular weight is 267 g/mol. The molecule has 19 heavy (non-hydrogen) atoms. The smallest absolute Gasteiger partial charge is 0.254 e. The summed E-state index contributed by atoms with van der Waals surface area (Å²) in [5.74, 6) is -1.74. The normalized spacial score (nSPS) is 17.0. The van der Waals surface area contributed by atoms with Crippen LogP contribution in [0.15, 0.2) is 23.4 Å². The van der Waals surface area contributed by atoms with Gasteiger partial charge in [-0.15, -0.1) is 0 Å². The van der Waals surface area contributed by atoms with Crippen LogP contribution in [-0.2, 0) is 0 Å². The molecule has 1 aromatic carbocycles. The number of aromatic hydroxyl groups is 1. The molecular formula is C12H14FN3O3. The average Bonchev–Trinajstić information content (AvgIpc) is 3.19. The molecule has 1 unspecified atom stereocenters. The fourth-order valence-corrected chi connectivity index (χ4v) is 1.83. The molecule has 5 N–H and O–H groups in total. The highest BCUT2D eigenvalue weighted by molar-refractivity contribution is 5.98. The molecule has 1 amide bonds. The second-order valence-corrected chi connectivity index (χ2v) is 4.48. The Morgan fingerprint density at radius 2 is 2.21 bits per heavy atom. The lowest BCUT2D eigenvalue weighted by molar-refractivity contribution is 0.0939. The third kappa shape index (κ3) is 2.93. The predicted molar refractivity (Wildman–Crippen MR) is 65.5 cm³/mol. The number of nitrogens with two attached hydrogens (primary N) is 1. The minimum Gasteiger partial charge on any atom is -0.508 e. The molecule has 6 nitrogen and oxygen atoms in total. The summed E-state index contributed by atoms with van der Waals surface area (Å²) in [5, 5.41) is 23.2. The first-order valence-electron chi connectivity index (χ1n) is 5.79. The Balaban J connectivity index is 2.15. The van der Waals surface area contributed by atoms with E-state index in [-0.39, 0.29) is 23.1 Å². The molecule has 1 saturated carbocycles. The number of nitrogens with zero attached hydrogens (tertiary/aromatic N) is 1. The summed E-state index contributed by atoms with van der Waals surface area (Å²) in [6, 6.07) is 2.64. The number of hydrogen-bond acceptors (Lipinski definition) is 4. The Hall–Kier alpha value is -2.31. The molecule has 0 bridgehead atoms. The van der Waals surface area contributed by atoms with Gasteiger partial charge >= 0.3 is 0 Å². The van der Waals surface area contributed by atoms with Gasteiger partial charge in [0.05, 0.1) is 11.6 Å². The zero-order valence-corrected chi connectivity index (χ0v) is 10.0. The molecule has 1 fully saturated rings. The summed E-state index contributed by atoms with van der Waals surface area (Å²) >= 11 is 0. The van der Waals surface area contributed by atoms with Gasteiger partial charge in [0.1, 0.15) is 11.6 Å². The third-order valence-electron chi connectivity index (χ3n) is 3.01. The highest BCUT2D eigenvalue weighted by Gasteiger charge is 2.35. The van der Waals surface area contributed by atoms with Crippen molar-refractivity contribution >= 4 is 11.7 Å². The van der Waals surface area contributed by atoms with Crippen LogP contribution >= 0.6 is 0 Å². The highest BCUT2D eigenvalue weighted by atomic mass is 19.1. The van der Waals surface area contributed by atoms with E-state index in [0.717, 1.165) is 18.9 Å². The van der Waals surface area contributed by atoms with Gasteiger partial charge in [-0.1, -0.05) is 5.16 Å². The largest absolute Gasteiger partial charge is 0.508 e. The minimum absolute atomic E-state index is 0.102. The zero-order valence-electron chi connectivity index (χ0n) is 10.0. The van der Waals surface area contributed by atoms with Crippen LogP contribution in [0.25, 0.3) is 0 Å². The van der Waals surface area contributed by atoms with E-state index < -0.39 is 17.8 Å². The van der Waals surface area contributed by atoms with Crippen LogP contribution < -0.4 is 11.1 Å². The van der Waals surface area contributed by atoms with Crippen LogP contribution in [-0.4, -0.2) is 28.1 Å². The fourth-order valence-electron chi connectivity index (χ4n) is 1.83. The zero-order chi connectivity index (χ0) is 14.0. The van der Waals surface area contributed by atoms with Crippen molar-refractivity contribution in [3.63, 3.8) is 0 Å². The number of rotatable bonds is 4. The standard InChI is InChI=1S/C12H14FN3O3/c13-9-5-7(17)3-4-8(9)12(18)15-10(6-1-2-6)11(14)16-19/h3-6,10,17,19H,1-2H2,(H2,14,16)(H,15,18). The Kier molecular flexibility index (Phi) is 3.55. The molecule has 0 aliphatic heterocycles. The molecule has 0 radical (unpaired) electrons. The molecule has 0 saturated heterocycles. The topological polar surface area (TPSA) is 108 Å². The van der Waals surface area contributed by atoms with Crippen molar-refractivity contribution in [2.45, 2.75) is 18.9 Å². The highest BCUT2D eigenvalue weighted by Crippen LogP contribution is 2.33. The van der Waals surface area contributed by atoms with E-state index in [9.17, 15) is 9.18 Å². The van der Waals surface area contributed by atoms with Crippen LogP contribution in [0.4, 0.5) is 4.39 Å². The number of phenols is 1. The Bertz CT molecular complexity index is 529. The van der Waals surface area contributed by atoms with Gasteiger partial charge in [-0.2, -0.15) is 0 Å². The van der Waals surface area contributed by atoms with Crippen LogP contribution in [0.3, 0.4) is 0 Å². The first kappa shape index (κ1) is 13.1. The van der Waals surface area contributed by atoms with Gasteiger partial charge in [-0.05, 0) is 30.9 Å². The number of amides is 1. The second-order valence-electron chi connectivity index (χ2n) is 4.48. The number of oxime groups is 1. The van der Waals surface area contributed by atoms with E-state index in [1.54, 1.807) is 0 Å². The SMILES string of the molecule is N/C(=N/O)C(NC(=O)c1ccc(O)cc1F)C1CC1. The van der Waals surface area contributed by atoms with Crippen molar-refractivity contribution in [1.29, 1.82) is 0 Å². The van der Waals surface area contributed by atoms with Crippen molar-refractivity contribution < 1.29 is 19.5 Å². The van der Waals surface area contributed by atoms with Crippen LogP contribution in [0.2, 0.25) is 0 Å². The van der Waals surface area contributed by atoms with E-state index in [2.05, 4.69) is 10.5 Å². The van der Waals surface area contributed by atoms with Crippen LogP contribution in [0.5, 0.6) is 5.75 Å². The van der Waals surface area contributed by atoms with Crippen molar-refractivity contribution in [1.82, 2.24) is 5.32 Å². The lowest BCUT2D eigenvalue weighted by Gasteiger charge is -2.16. The summed E-state index contributed by atoms with van der Waals surface area (Å²) in [7, 11) is 0. The number of carbonyl (C=O) groups excluding carboxylic acids is 1. The molecule has 0 aromatic heterocycles. The molecule has 1 atom stereocenters. The number of nitrogens with one attached hydrogen (secondary N) is 1. The van der Waals surface area contributed by atoms with Gasteiger partial charge in [0.25, 0.3) is 5.91 Å². The molecule has 2 rings (SSSR count). The first-order chi connectivity index (χ1) is 9.02. The number of carbonyl (C=O) groups is 1. The molecule has 1 aromatic rings. The van der Waals surface area contributed by atoms with Gasteiger partial charge < -0.3 is 21.4 Å². The van der Waals surface area contributed by atoms with E-state index in [0.29, 0.717) is 0 Å². The maximum Gasteiger partial charge on any atom is 0.254 e. The molecule has 0 spiro atoms. The summed E-state index contributed by atoms with van der Waals surface area (Å²) in [5.41, 5.74) is 5.30. The molecule has 1 aliphatic carbocycles. The number of halogens is 1. The van der Waals surface area contributed by atoms with E-state index in [4.69, 9.17) is 16.0 Å². The number of phenolic OH excluding ortho intramolecular Hbond substituents is 1. The fraction of sp³-hybridized carbons (Fsp3) is 0.333. The molecule has 0 heterocycles. The number of benzene rings is 1. The lowest BCUT2D eigenvalue weighted by Crippen LogP contribution is -2.46. The molecular weight excluding hydrogens is 253 g/mol. The lowest BCUT2D eigenvalue weighted by atomic mass is 10.1. The van der Waals surface area contributed by atoms with Crippen LogP contribution in [0, 0.1) is 11.7 Å². The molecule has 1 aliphatic rings. The van der Waals surface area contributed by atoms with E-state index in [1.807, 2.05) is 0 Å². The van der Waals surface area contributed by atoms with Gasteiger partial charge in [0.15, 0.2) is 5.84 Å². The molecule has 102 valence electrons. The van der Waals surface area contributed by atoms with Crippen molar-refractivity contribution in [2.75, 3.05) is 0 Å². The number of hydrogen-bond donors (Lipinski definition) is 4. The van der Waals surface area contributed by atoms with Crippen molar-refractivity contribution in [2.24, 2.45) is 16.8 Å². The number of amidine groups is 1. The predicted octanol–water partition coefficient (Wildman–Crippen LogP) is 0.786. The summed E-state index contributed by atoms with van der Waals surface area (Å²) < 4.78 is 13.5. The maximum atomic E-state index is 13.5. The Labute approximate surface area is 108 Å². The second kappa shape index (κ2) is 5.13. The van der Waals surface area contributed by atoms with E-state index >= 15 is 0 Å².